The Morgan fingerprint density at radius 2 is 2.29 bits per heavy atom. The van der Waals surface area contributed by atoms with Gasteiger partial charge in [-0.2, -0.15) is 5.10 Å². The molecule has 0 amide bonds. The Labute approximate surface area is 103 Å². The van der Waals surface area contributed by atoms with E-state index in [0.29, 0.717) is 0 Å². The summed E-state index contributed by atoms with van der Waals surface area (Å²) in [5.74, 6) is 0. The molecule has 2 N–H and O–H groups in total. The number of hydrogen-bond donors (Lipinski definition) is 1. The predicted octanol–water partition coefficient (Wildman–Crippen LogP) is 2.63. The van der Waals surface area contributed by atoms with Crippen molar-refractivity contribution in [1.29, 1.82) is 0 Å². The first-order chi connectivity index (χ1) is 8.28. The highest BCUT2D eigenvalue weighted by Crippen LogP contribution is 2.22. The number of nitrogens with two attached hydrogens (primary N) is 1. The van der Waals surface area contributed by atoms with Gasteiger partial charge < -0.3 is 5.73 Å². The maximum atomic E-state index is 5.80. The predicted molar refractivity (Wildman–Crippen MR) is 70.5 cm³/mol. The summed E-state index contributed by atoms with van der Waals surface area (Å²) in [4.78, 5) is 4.53. The molecule has 0 spiro atoms. The molecule has 0 saturated carbocycles. The Morgan fingerprint density at radius 3 is 3.06 bits per heavy atom. The fourth-order valence-electron chi connectivity index (χ4n) is 1.74. The van der Waals surface area contributed by atoms with Crippen molar-refractivity contribution in [3.63, 3.8) is 0 Å². The van der Waals surface area contributed by atoms with E-state index in [-0.39, 0.29) is 0 Å². The highest BCUT2D eigenvalue weighted by Gasteiger charge is 2.08. The van der Waals surface area contributed by atoms with Gasteiger partial charge in [0.05, 0.1) is 17.4 Å². The molecule has 0 aliphatic carbocycles. The Morgan fingerprint density at radius 1 is 1.41 bits per heavy atom. The molecular formula is C12H12N4S. The molecule has 0 aliphatic rings. The van der Waals surface area contributed by atoms with Crippen molar-refractivity contribution >= 4 is 27.9 Å². The molecule has 0 bridgehead atoms. The minimum atomic E-state index is 0.742. The Hall–Kier alpha value is -1.88. The van der Waals surface area contributed by atoms with Crippen LogP contribution in [0.4, 0.5) is 5.69 Å². The van der Waals surface area contributed by atoms with E-state index in [2.05, 4.69) is 22.4 Å². The quantitative estimate of drug-likeness (QED) is 0.705. The summed E-state index contributed by atoms with van der Waals surface area (Å²) in [6.45, 7) is 2.10. The second kappa shape index (κ2) is 3.85. The van der Waals surface area contributed by atoms with Crippen LogP contribution in [0.5, 0.6) is 0 Å². The number of benzene rings is 1. The van der Waals surface area contributed by atoms with Gasteiger partial charge >= 0.3 is 0 Å². The normalized spacial score (nSPS) is 11.1. The molecule has 86 valence electrons. The molecule has 2 aromatic heterocycles. The Bertz CT molecular complexity index is 668. The fourth-order valence-corrected chi connectivity index (χ4v) is 2.62. The zero-order chi connectivity index (χ0) is 11.8. The van der Waals surface area contributed by atoms with Crippen LogP contribution in [0.2, 0.25) is 0 Å². The summed E-state index contributed by atoms with van der Waals surface area (Å²) in [5.41, 5.74) is 8.64. The summed E-state index contributed by atoms with van der Waals surface area (Å²) in [6, 6.07) is 5.78. The number of rotatable bonds is 2. The molecule has 4 nitrogen and oxygen atoms in total. The standard InChI is InChI=1S/C12H12N4S/c1-2-10-7-17-12(15-10)16-11-5-9(13)4-3-8(11)6-14-16/h3-7H,2,13H2,1H3. The zero-order valence-electron chi connectivity index (χ0n) is 9.42. The van der Waals surface area contributed by atoms with E-state index < -0.39 is 0 Å². The van der Waals surface area contributed by atoms with Crippen molar-refractivity contribution < 1.29 is 0 Å². The van der Waals surface area contributed by atoms with Gasteiger partial charge in [-0.15, -0.1) is 11.3 Å². The van der Waals surface area contributed by atoms with E-state index in [1.807, 2.05) is 29.1 Å². The third kappa shape index (κ3) is 1.68. The van der Waals surface area contributed by atoms with E-state index in [4.69, 9.17) is 5.73 Å². The largest absolute Gasteiger partial charge is 0.399 e. The van der Waals surface area contributed by atoms with Crippen LogP contribution in [-0.2, 0) is 6.42 Å². The minimum Gasteiger partial charge on any atom is -0.399 e. The van der Waals surface area contributed by atoms with Gasteiger partial charge in [-0.3, -0.25) is 0 Å². The van der Waals surface area contributed by atoms with Crippen LogP contribution in [0.25, 0.3) is 16.0 Å². The number of nitrogen functional groups attached to an aromatic ring is 1. The number of hydrogen-bond acceptors (Lipinski definition) is 4. The molecule has 0 radical (unpaired) electrons. The molecule has 0 fully saturated rings. The highest BCUT2D eigenvalue weighted by atomic mass is 32.1. The lowest BCUT2D eigenvalue weighted by molar-refractivity contribution is 0.885. The van der Waals surface area contributed by atoms with Gasteiger partial charge in [-0.05, 0) is 24.6 Å². The van der Waals surface area contributed by atoms with Gasteiger partial charge in [0.2, 0.25) is 5.13 Å². The topological polar surface area (TPSA) is 56.7 Å². The van der Waals surface area contributed by atoms with Crippen LogP contribution in [0.1, 0.15) is 12.6 Å². The molecule has 3 rings (SSSR count). The third-order valence-electron chi connectivity index (χ3n) is 2.68. The van der Waals surface area contributed by atoms with Gasteiger partial charge in [0.15, 0.2) is 0 Å². The first-order valence-corrected chi connectivity index (χ1v) is 6.34. The van der Waals surface area contributed by atoms with Crippen LogP contribution in [-0.4, -0.2) is 14.8 Å². The van der Waals surface area contributed by atoms with Crippen molar-refractivity contribution in [2.45, 2.75) is 13.3 Å². The smallest absolute Gasteiger partial charge is 0.211 e. The van der Waals surface area contributed by atoms with Gasteiger partial charge in [0, 0.05) is 16.5 Å². The molecule has 0 unspecified atom stereocenters. The van der Waals surface area contributed by atoms with E-state index in [1.54, 1.807) is 11.3 Å². The van der Waals surface area contributed by atoms with Crippen LogP contribution >= 0.6 is 11.3 Å². The lowest BCUT2D eigenvalue weighted by atomic mass is 10.2. The summed E-state index contributed by atoms with van der Waals surface area (Å²) in [6.07, 6.45) is 2.78. The number of aryl methyl sites for hydroxylation is 1. The molecule has 1 aromatic carbocycles. The summed E-state index contributed by atoms with van der Waals surface area (Å²) in [5, 5.41) is 8.40. The average molecular weight is 244 g/mol. The lowest BCUT2D eigenvalue weighted by Gasteiger charge is -1.99. The van der Waals surface area contributed by atoms with Crippen LogP contribution < -0.4 is 5.73 Å². The van der Waals surface area contributed by atoms with Gasteiger partial charge in [-0.25, -0.2) is 9.67 Å². The number of nitrogens with zero attached hydrogens (tertiary/aromatic N) is 3. The molecule has 0 saturated heterocycles. The monoisotopic (exact) mass is 244 g/mol. The van der Waals surface area contributed by atoms with Crippen LogP contribution in [0.15, 0.2) is 29.8 Å². The van der Waals surface area contributed by atoms with E-state index in [9.17, 15) is 0 Å². The van der Waals surface area contributed by atoms with Gasteiger partial charge in [0.1, 0.15) is 0 Å². The molecule has 17 heavy (non-hydrogen) atoms. The van der Waals surface area contributed by atoms with Crippen molar-refractivity contribution in [2.24, 2.45) is 0 Å². The maximum Gasteiger partial charge on any atom is 0.211 e. The summed E-state index contributed by atoms with van der Waals surface area (Å²) >= 11 is 1.60. The highest BCUT2D eigenvalue weighted by molar-refractivity contribution is 7.12. The van der Waals surface area contributed by atoms with Crippen molar-refractivity contribution in [3.05, 3.63) is 35.5 Å². The first kappa shape index (κ1) is 10.3. The van der Waals surface area contributed by atoms with Crippen molar-refractivity contribution in [1.82, 2.24) is 14.8 Å². The molecular weight excluding hydrogens is 232 g/mol. The second-order valence-corrected chi connectivity index (χ2v) is 4.69. The molecule has 2 heterocycles. The summed E-state index contributed by atoms with van der Waals surface area (Å²) in [7, 11) is 0. The van der Waals surface area contributed by atoms with E-state index in [1.165, 1.54) is 0 Å². The lowest BCUT2D eigenvalue weighted by Crippen LogP contribution is -1.96. The Balaban J connectivity index is 2.19. The second-order valence-electron chi connectivity index (χ2n) is 3.85. The molecule has 3 aromatic rings. The van der Waals surface area contributed by atoms with Crippen molar-refractivity contribution in [2.75, 3.05) is 5.73 Å². The van der Waals surface area contributed by atoms with Crippen molar-refractivity contribution in [3.8, 4) is 5.13 Å². The van der Waals surface area contributed by atoms with E-state index >= 15 is 0 Å². The maximum absolute atomic E-state index is 5.80. The number of anilines is 1. The summed E-state index contributed by atoms with van der Waals surface area (Å²) < 4.78 is 1.84. The zero-order valence-corrected chi connectivity index (χ0v) is 10.2. The molecule has 5 heteroatoms. The van der Waals surface area contributed by atoms with Crippen LogP contribution in [0, 0.1) is 0 Å². The third-order valence-corrected chi connectivity index (χ3v) is 3.54. The minimum absolute atomic E-state index is 0.742. The Kier molecular flexibility index (Phi) is 2.33. The molecule has 0 aliphatic heterocycles. The first-order valence-electron chi connectivity index (χ1n) is 5.46. The fraction of sp³-hybridized carbons (Fsp3) is 0.167. The number of aromatic nitrogens is 3. The molecule has 0 atom stereocenters. The van der Waals surface area contributed by atoms with Crippen LogP contribution in [0.3, 0.4) is 0 Å². The van der Waals surface area contributed by atoms with Gasteiger partial charge in [-0.1, -0.05) is 6.92 Å². The number of thiazole rings is 1. The van der Waals surface area contributed by atoms with Gasteiger partial charge in [0.25, 0.3) is 0 Å². The van der Waals surface area contributed by atoms with E-state index in [0.717, 1.165) is 33.8 Å². The SMILES string of the molecule is CCc1csc(-n2ncc3ccc(N)cc32)n1. The number of fused-ring (bicyclic) bond motifs is 1. The average Bonchev–Trinajstić information content (AvgIpc) is 2.93.